The summed E-state index contributed by atoms with van der Waals surface area (Å²) in [7, 11) is 0. The van der Waals surface area contributed by atoms with Crippen LogP contribution in [0.5, 0.6) is 0 Å². The maximum atomic E-state index is 14.5. The summed E-state index contributed by atoms with van der Waals surface area (Å²) < 4.78 is 1.99. The second-order valence-electron chi connectivity index (χ2n) is 12.4. The Kier molecular flexibility index (Phi) is 6.56. The number of benzene rings is 6. The van der Waals surface area contributed by atoms with Gasteiger partial charge < -0.3 is 4.40 Å². The molecule has 3 aromatic heterocycles. The summed E-state index contributed by atoms with van der Waals surface area (Å²) >= 11 is 0. The molecule has 9 rings (SSSR count). The zero-order valence-electron chi connectivity index (χ0n) is 26.3. The van der Waals surface area contributed by atoms with E-state index in [1.54, 1.807) is 0 Å². The average Bonchev–Trinajstić information content (AvgIpc) is 3.15. The lowest BCUT2D eigenvalue weighted by molar-refractivity contribution is 1.31. The first-order valence-corrected chi connectivity index (χ1v) is 16.2. The summed E-state index contributed by atoms with van der Waals surface area (Å²) in [5, 5.41) is 2.67. The Balaban J connectivity index is 1.39. The highest BCUT2D eigenvalue weighted by atomic mass is 16.1. The van der Waals surface area contributed by atoms with Gasteiger partial charge in [0, 0.05) is 32.3 Å². The van der Waals surface area contributed by atoms with Crippen molar-refractivity contribution in [3.63, 3.8) is 0 Å². The number of rotatable bonds is 6. The molecule has 9 aromatic rings. The van der Waals surface area contributed by atoms with Gasteiger partial charge in [0.2, 0.25) is 0 Å². The molecule has 0 atom stereocenters. The van der Waals surface area contributed by atoms with Crippen molar-refractivity contribution < 1.29 is 0 Å². The highest BCUT2D eigenvalue weighted by Crippen LogP contribution is 2.34. The zero-order valence-corrected chi connectivity index (χ0v) is 26.3. The Morgan fingerprint density at radius 2 is 0.531 bits per heavy atom. The second kappa shape index (κ2) is 11.3. The van der Waals surface area contributed by atoms with Crippen molar-refractivity contribution in [3.05, 3.63) is 191 Å². The van der Waals surface area contributed by atoms with Crippen LogP contribution in [0.4, 0.5) is 0 Å². The van der Waals surface area contributed by atoms with Crippen LogP contribution in [0.1, 0.15) is 33.4 Å². The Morgan fingerprint density at radius 1 is 0.306 bits per heavy atom. The van der Waals surface area contributed by atoms with E-state index in [1.165, 1.54) is 0 Å². The first kappa shape index (κ1) is 28.6. The van der Waals surface area contributed by atoms with Gasteiger partial charge in [-0.25, -0.2) is 0 Å². The molecule has 0 saturated carbocycles. The van der Waals surface area contributed by atoms with Gasteiger partial charge in [-0.3, -0.25) is 14.4 Å². The lowest BCUT2D eigenvalue weighted by Gasteiger charge is -2.19. The van der Waals surface area contributed by atoms with Crippen LogP contribution in [0, 0.1) is 0 Å². The van der Waals surface area contributed by atoms with E-state index in [0.717, 1.165) is 33.4 Å². The van der Waals surface area contributed by atoms with E-state index in [-0.39, 0.29) is 16.3 Å². The molecule has 0 bridgehead atoms. The van der Waals surface area contributed by atoms with Gasteiger partial charge in [0.15, 0.2) is 16.3 Å². The van der Waals surface area contributed by atoms with E-state index in [2.05, 4.69) is 0 Å². The van der Waals surface area contributed by atoms with Crippen LogP contribution < -0.4 is 16.3 Å². The minimum Gasteiger partial charge on any atom is -0.306 e. The van der Waals surface area contributed by atoms with E-state index in [4.69, 9.17) is 0 Å². The van der Waals surface area contributed by atoms with Gasteiger partial charge in [-0.2, -0.15) is 0 Å². The molecule has 0 saturated heterocycles. The topological polar surface area (TPSA) is 55.6 Å². The molecule has 0 aliphatic rings. The number of nitrogens with zero attached hydrogens (tertiary/aromatic N) is 1. The van der Waals surface area contributed by atoms with Crippen molar-refractivity contribution in [2.45, 2.75) is 0 Å². The second-order valence-corrected chi connectivity index (χ2v) is 12.4. The Labute approximate surface area is 280 Å². The molecule has 230 valence electrons. The third kappa shape index (κ3) is 4.73. The third-order valence-corrected chi connectivity index (χ3v) is 9.34. The van der Waals surface area contributed by atoms with Gasteiger partial charge >= 0.3 is 0 Å². The Bertz CT molecular complexity index is 2530. The lowest BCUT2D eigenvalue weighted by Crippen LogP contribution is -2.19. The van der Waals surface area contributed by atoms with E-state index in [0.29, 0.717) is 48.9 Å². The fraction of sp³-hybridized carbons (Fsp3) is 0. The molecular weight excluding hydrogens is 602 g/mol. The molecule has 4 nitrogen and oxygen atoms in total. The van der Waals surface area contributed by atoms with Crippen molar-refractivity contribution in [1.29, 1.82) is 0 Å². The first-order valence-electron chi connectivity index (χ1n) is 16.2. The fourth-order valence-corrected chi connectivity index (χ4v) is 7.06. The molecule has 0 unspecified atom stereocenters. The monoisotopic (exact) mass is 629 g/mol. The van der Waals surface area contributed by atoms with Crippen molar-refractivity contribution >= 4 is 85.3 Å². The Hall–Kier alpha value is -6.65. The lowest BCUT2D eigenvalue weighted by atomic mass is 9.94. The predicted molar refractivity (Wildman–Crippen MR) is 206 cm³/mol. The molecule has 0 N–H and O–H groups in total. The van der Waals surface area contributed by atoms with E-state index < -0.39 is 0 Å². The predicted octanol–water partition coefficient (Wildman–Crippen LogP) is 9.46. The van der Waals surface area contributed by atoms with Crippen molar-refractivity contribution in [3.8, 4) is 0 Å². The summed E-state index contributed by atoms with van der Waals surface area (Å²) in [6.45, 7) is 0. The number of aromatic nitrogens is 1. The van der Waals surface area contributed by atoms with Crippen molar-refractivity contribution in [2.24, 2.45) is 0 Å². The molecule has 3 heterocycles. The molecule has 0 spiro atoms. The van der Waals surface area contributed by atoms with Gasteiger partial charge in [-0.15, -0.1) is 0 Å². The molecule has 4 heteroatoms. The highest BCUT2D eigenvalue weighted by molar-refractivity contribution is 6.17. The maximum absolute atomic E-state index is 14.5. The summed E-state index contributed by atoms with van der Waals surface area (Å²) in [5.41, 5.74) is 6.30. The fourth-order valence-electron chi connectivity index (χ4n) is 7.06. The van der Waals surface area contributed by atoms with E-state index in [9.17, 15) is 14.4 Å². The molecule has 0 radical (unpaired) electrons. The number of hydrogen-bond donors (Lipinski definition) is 0. The zero-order chi connectivity index (χ0) is 33.1. The first-order chi connectivity index (χ1) is 24.0. The summed E-state index contributed by atoms with van der Waals surface area (Å²) in [4.78, 5) is 43.4. The van der Waals surface area contributed by atoms with Gasteiger partial charge in [0.25, 0.3) is 0 Å². The minimum atomic E-state index is -0.205. The van der Waals surface area contributed by atoms with Crippen LogP contribution in [0.2, 0.25) is 0 Å². The molecule has 6 aromatic carbocycles. The SMILES string of the molecule is O=c1c2cc(C=Cc3ccccc3)cc3c(=O)c4cc(C=Cc5ccccc5)cc5c(=O)c6cc(C=Cc7ccccc7)cc1c6n(c23)c45. The van der Waals surface area contributed by atoms with Gasteiger partial charge in [-0.1, -0.05) is 127 Å². The summed E-state index contributed by atoms with van der Waals surface area (Å²) in [6, 6.07) is 40.9. The highest BCUT2D eigenvalue weighted by Gasteiger charge is 2.24. The molecular formula is C45H27NO3. The van der Waals surface area contributed by atoms with Crippen LogP contribution >= 0.6 is 0 Å². The minimum absolute atomic E-state index is 0.205. The molecule has 49 heavy (non-hydrogen) atoms. The van der Waals surface area contributed by atoms with Crippen molar-refractivity contribution in [1.82, 2.24) is 4.40 Å². The quantitative estimate of drug-likeness (QED) is 0.105. The maximum Gasteiger partial charge on any atom is 0.197 e. The van der Waals surface area contributed by atoms with Gasteiger partial charge in [0.1, 0.15) is 0 Å². The molecule has 0 aliphatic carbocycles. The van der Waals surface area contributed by atoms with Crippen LogP contribution in [0.3, 0.4) is 0 Å². The van der Waals surface area contributed by atoms with E-state index in [1.807, 2.05) is 168 Å². The molecule has 0 fully saturated rings. The summed E-state index contributed by atoms with van der Waals surface area (Å²) in [5.74, 6) is 0. The molecule has 0 aliphatic heterocycles. The number of hydrogen-bond acceptors (Lipinski definition) is 3. The van der Waals surface area contributed by atoms with Crippen LogP contribution in [-0.4, -0.2) is 4.40 Å². The standard InChI is InChI=1S/C45H27NO3/c47-43-34-22-31(19-16-28-10-4-1-5-11-28)23-35-40(34)46-41-36(43)24-32(20-17-29-12-6-2-7-13-29)26-38(41)45(49)39-27-33(25-37(42(39)46)44(35)48)21-18-30-14-8-3-9-15-30/h1-27H. The average molecular weight is 630 g/mol. The normalized spacial score (nSPS) is 12.5. The third-order valence-electron chi connectivity index (χ3n) is 9.34. The van der Waals surface area contributed by atoms with Crippen LogP contribution in [-0.2, 0) is 0 Å². The smallest absolute Gasteiger partial charge is 0.197 e. The molecule has 0 amide bonds. The van der Waals surface area contributed by atoms with Crippen LogP contribution in [0.15, 0.2) is 142 Å². The van der Waals surface area contributed by atoms with Gasteiger partial charge in [0.05, 0.1) is 16.6 Å². The largest absolute Gasteiger partial charge is 0.306 e. The van der Waals surface area contributed by atoms with Crippen molar-refractivity contribution in [2.75, 3.05) is 0 Å². The van der Waals surface area contributed by atoms with E-state index >= 15 is 0 Å². The summed E-state index contributed by atoms with van der Waals surface area (Å²) in [6.07, 6.45) is 11.7. The van der Waals surface area contributed by atoms with Gasteiger partial charge in [-0.05, 0) is 69.8 Å². The Morgan fingerprint density at radius 3 is 0.776 bits per heavy atom. The van der Waals surface area contributed by atoms with Crippen LogP contribution in [0.25, 0.3) is 85.3 Å². The number of pyridine rings is 3.